The molecule has 0 spiro atoms. The summed E-state index contributed by atoms with van der Waals surface area (Å²) in [4.78, 5) is 25.0. The largest absolute Gasteiger partial charge is 0.480 e. The van der Waals surface area contributed by atoms with E-state index < -0.39 is 23.7 Å². The minimum Gasteiger partial charge on any atom is -0.480 e. The maximum atomic E-state index is 12.2. The summed E-state index contributed by atoms with van der Waals surface area (Å²) in [7, 11) is 0. The topological polar surface area (TPSA) is 66.8 Å². The van der Waals surface area contributed by atoms with E-state index in [2.05, 4.69) is 20.8 Å². The third-order valence-corrected chi connectivity index (χ3v) is 3.72. The van der Waals surface area contributed by atoms with Gasteiger partial charge >= 0.3 is 12.1 Å². The third-order valence-electron chi connectivity index (χ3n) is 3.72. The normalized spacial score (nSPS) is 24.4. The molecule has 5 heteroatoms. The number of aliphatic carboxylic acids is 1. The zero-order valence-electron chi connectivity index (χ0n) is 13.4. The van der Waals surface area contributed by atoms with Crippen molar-refractivity contribution < 1.29 is 19.4 Å². The van der Waals surface area contributed by atoms with Gasteiger partial charge in [-0.05, 0) is 44.9 Å². The van der Waals surface area contributed by atoms with Gasteiger partial charge in [0.05, 0.1) is 0 Å². The van der Waals surface area contributed by atoms with Gasteiger partial charge in [0.25, 0.3) is 0 Å². The molecule has 1 aliphatic rings. The van der Waals surface area contributed by atoms with Crippen molar-refractivity contribution in [2.24, 2.45) is 11.3 Å². The van der Waals surface area contributed by atoms with Crippen LogP contribution in [0.15, 0.2) is 0 Å². The Balaban J connectivity index is 2.89. The fourth-order valence-electron chi connectivity index (χ4n) is 2.46. The van der Waals surface area contributed by atoms with E-state index in [0.717, 1.165) is 6.42 Å². The van der Waals surface area contributed by atoms with E-state index in [1.807, 2.05) is 0 Å². The average molecular weight is 285 g/mol. The number of carboxylic acids is 1. The summed E-state index contributed by atoms with van der Waals surface area (Å²) in [6.45, 7) is 12.1. The number of likely N-dealkylation sites (tertiary alicyclic amines) is 1. The number of carbonyl (C=O) groups is 2. The van der Waals surface area contributed by atoms with Crippen LogP contribution in [0.3, 0.4) is 0 Å². The molecule has 0 saturated carbocycles. The summed E-state index contributed by atoms with van der Waals surface area (Å²) in [5.74, 6) is -0.672. The Bertz CT molecular complexity index is 378. The Hall–Kier alpha value is -1.26. The zero-order valence-corrected chi connectivity index (χ0v) is 13.4. The second kappa shape index (κ2) is 5.62. The smallest absolute Gasteiger partial charge is 0.411 e. The maximum absolute atomic E-state index is 12.2. The molecular formula is C15H27NO4. The van der Waals surface area contributed by atoms with E-state index in [0.29, 0.717) is 13.0 Å². The van der Waals surface area contributed by atoms with Crippen molar-refractivity contribution in [3.05, 3.63) is 0 Å². The van der Waals surface area contributed by atoms with Crippen LogP contribution in [0.2, 0.25) is 0 Å². The first kappa shape index (κ1) is 16.8. The predicted molar refractivity (Wildman–Crippen MR) is 76.5 cm³/mol. The average Bonchev–Trinajstić information content (AvgIpc) is 2.24. The minimum absolute atomic E-state index is 0.0454. The van der Waals surface area contributed by atoms with Gasteiger partial charge in [-0.1, -0.05) is 20.8 Å². The number of amides is 1. The van der Waals surface area contributed by atoms with Crippen molar-refractivity contribution in [1.82, 2.24) is 4.90 Å². The van der Waals surface area contributed by atoms with Crippen molar-refractivity contribution in [3.63, 3.8) is 0 Å². The maximum Gasteiger partial charge on any atom is 0.411 e. The molecule has 1 N–H and O–H groups in total. The summed E-state index contributed by atoms with van der Waals surface area (Å²) in [5.41, 5.74) is -0.571. The molecule has 0 aromatic heterocycles. The predicted octanol–water partition coefficient (Wildman–Crippen LogP) is 3.13. The molecule has 1 heterocycles. The van der Waals surface area contributed by atoms with Crippen LogP contribution >= 0.6 is 0 Å². The van der Waals surface area contributed by atoms with Crippen LogP contribution in [0.25, 0.3) is 0 Å². The highest BCUT2D eigenvalue weighted by Gasteiger charge is 2.41. The van der Waals surface area contributed by atoms with Gasteiger partial charge in [-0.3, -0.25) is 4.90 Å². The summed E-state index contributed by atoms with van der Waals surface area (Å²) in [6, 6.07) is -0.775. The van der Waals surface area contributed by atoms with Gasteiger partial charge in [0.2, 0.25) is 0 Å². The molecule has 1 saturated heterocycles. The van der Waals surface area contributed by atoms with Gasteiger partial charge in [0.1, 0.15) is 11.6 Å². The number of piperidine rings is 1. The van der Waals surface area contributed by atoms with Crippen LogP contribution in [-0.2, 0) is 9.53 Å². The van der Waals surface area contributed by atoms with E-state index in [-0.39, 0.29) is 11.3 Å². The number of carbonyl (C=O) groups excluding carboxylic acids is 1. The number of nitrogens with zero attached hydrogens (tertiary/aromatic N) is 1. The lowest BCUT2D eigenvalue weighted by Crippen LogP contribution is -2.53. The first-order valence-corrected chi connectivity index (χ1v) is 7.14. The van der Waals surface area contributed by atoms with Crippen LogP contribution in [0.1, 0.15) is 54.4 Å². The Morgan fingerprint density at radius 3 is 2.05 bits per heavy atom. The van der Waals surface area contributed by atoms with Gasteiger partial charge in [-0.15, -0.1) is 0 Å². The Morgan fingerprint density at radius 1 is 1.10 bits per heavy atom. The monoisotopic (exact) mass is 285 g/mol. The fourth-order valence-corrected chi connectivity index (χ4v) is 2.46. The van der Waals surface area contributed by atoms with Gasteiger partial charge in [0.15, 0.2) is 0 Å². The number of ether oxygens (including phenoxy) is 1. The van der Waals surface area contributed by atoms with Gasteiger partial charge < -0.3 is 9.84 Å². The molecule has 2 atom stereocenters. The highest BCUT2D eigenvalue weighted by Crippen LogP contribution is 2.35. The SMILES string of the molecule is CC(C)(C)OC(=O)N1CC(C(C)(C)C)CCC1C(=O)O. The molecule has 20 heavy (non-hydrogen) atoms. The van der Waals surface area contributed by atoms with Crippen LogP contribution in [0, 0.1) is 11.3 Å². The molecule has 0 bridgehead atoms. The van der Waals surface area contributed by atoms with E-state index in [4.69, 9.17) is 4.74 Å². The Morgan fingerprint density at radius 2 is 1.65 bits per heavy atom. The van der Waals surface area contributed by atoms with Crippen molar-refractivity contribution in [1.29, 1.82) is 0 Å². The lowest BCUT2D eigenvalue weighted by Gasteiger charge is -2.42. The molecule has 2 unspecified atom stereocenters. The van der Waals surface area contributed by atoms with E-state index in [1.54, 1.807) is 20.8 Å². The minimum atomic E-state index is -0.955. The van der Waals surface area contributed by atoms with E-state index in [9.17, 15) is 14.7 Å². The first-order chi connectivity index (χ1) is 8.92. The van der Waals surface area contributed by atoms with Crippen molar-refractivity contribution in [2.45, 2.75) is 66.0 Å². The van der Waals surface area contributed by atoms with Crippen molar-refractivity contribution in [2.75, 3.05) is 6.54 Å². The van der Waals surface area contributed by atoms with E-state index >= 15 is 0 Å². The fraction of sp³-hybridized carbons (Fsp3) is 0.867. The summed E-state index contributed by atoms with van der Waals surface area (Å²) < 4.78 is 5.34. The Labute approximate surface area is 121 Å². The molecule has 0 aromatic rings. The summed E-state index contributed by atoms with van der Waals surface area (Å²) in [5, 5.41) is 9.30. The molecule has 5 nitrogen and oxygen atoms in total. The number of rotatable bonds is 1. The van der Waals surface area contributed by atoms with Gasteiger partial charge in [-0.2, -0.15) is 0 Å². The van der Waals surface area contributed by atoms with Crippen molar-refractivity contribution >= 4 is 12.1 Å². The van der Waals surface area contributed by atoms with Crippen molar-refractivity contribution in [3.8, 4) is 0 Å². The second-order valence-corrected chi connectivity index (χ2v) is 7.63. The first-order valence-electron chi connectivity index (χ1n) is 7.14. The molecule has 1 aliphatic heterocycles. The molecule has 0 aromatic carbocycles. The van der Waals surface area contributed by atoms with Gasteiger partial charge in [0, 0.05) is 6.54 Å². The summed E-state index contributed by atoms with van der Waals surface area (Å²) in [6.07, 6.45) is 0.773. The van der Waals surface area contributed by atoms with Crippen LogP contribution in [-0.4, -0.2) is 40.3 Å². The molecule has 1 rings (SSSR count). The molecule has 0 radical (unpaired) electrons. The molecule has 116 valence electrons. The lowest BCUT2D eigenvalue weighted by molar-refractivity contribution is -0.145. The molecule has 1 amide bonds. The van der Waals surface area contributed by atoms with Crippen LogP contribution in [0.4, 0.5) is 4.79 Å². The van der Waals surface area contributed by atoms with E-state index in [1.165, 1.54) is 4.90 Å². The standard InChI is InChI=1S/C15H27NO4/c1-14(2,3)10-7-8-11(12(17)18)16(9-10)13(19)20-15(4,5)6/h10-11H,7-9H2,1-6H3,(H,17,18). The zero-order chi connectivity index (χ0) is 15.7. The molecular weight excluding hydrogens is 258 g/mol. The highest BCUT2D eigenvalue weighted by molar-refractivity contribution is 5.80. The Kier molecular flexibility index (Phi) is 4.72. The molecule has 0 aliphatic carbocycles. The molecule has 1 fully saturated rings. The number of carboxylic acid groups (broad SMARTS) is 1. The quantitative estimate of drug-likeness (QED) is 0.803. The van der Waals surface area contributed by atoms with Crippen LogP contribution in [0.5, 0.6) is 0 Å². The van der Waals surface area contributed by atoms with Crippen LogP contribution < -0.4 is 0 Å². The third kappa shape index (κ3) is 4.39. The second-order valence-electron chi connectivity index (χ2n) is 7.63. The highest BCUT2D eigenvalue weighted by atomic mass is 16.6. The summed E-state index contributed by atoms with van der Waals surface area (Å²) >= 11 is 0. The van der Waals surface area contributed by atoms with Gasteiger partial charge in [-0.25, -0.2) is 9.59 Å². The number of hydrogen-bond donors (Lipinski definition) is 1. The number of hydrogen-bond acceptors (Lipinski definition) is 3. The lowest BCUT2D eigenvalue weighted by atomic mass is 9.75.